The van der Waals surface area contributed by atoms with Gasteiger partial charge in [0.1, 0.15) is 11.6 Å². The molecule has 1 saturated heterocycles. The fraction of sp³-hybridized carbons (Fsp3) is 0.533. The lowest BCUT2D eigenvalue weighted by molar-refractivity contribution is 0.795. The van der Waals surface area contributed by atoms with E-state index in [0.717, 1.165) is 60.3 Å². The first-order valence-electron chi connectivity index (χ1n) is 7.62. The Bertz CT molecular complexity index is 645. The van der Waals surface area contributed by atoms with Crippen molar-refractivity contribution in [1.29, 1.82) is 0 Å². The zero-order chi connectivity index (χ0) is 15.5. The number of halogens is 1. The van der Waals surface area contributed by atoms with Crippen LogP contribution < -0.4 is 9.80 Å². The van der Waals surface area contributed by atoms with E-state index in [1.807, 2.05) is 6.20 Å². The molecular weight excluding hydrogens is 362 g/mol. The molecular formula is C15H20BrN5S. The SMILES string of the molecule is CCc1nsc(N2CCCN(c3cc(C)c(Br)cn3)CC2)n1. The number of nitrogens with zero attached hydrogens (tertiary/aromatic N) is 5. The van der Waals surface area contributed by atoms with Crippen molar-refractivity contribution in [2.24, 2.45) is 0 Å². The van der Waals surface area contributed by atoms with Gasteiger partial charge in [0.05, 0.1) is 0 Å². The third kappa shape index (κ3) is 3.41. The summed E-state index contributed by atoms with van der Waals surface area (Å²) in [5.74, 6) is 2.01. The van der Waals surface area contributed by atoms with E-state index in [-0.39, 0.29) is 0 Å². The molecule has 2 aromatic heterocycles. The third-order valence-corrected chi connectivity index (χ3v) is 5.54. The van der Waals surface area contributed by atoms with Gasteiger partial charge in [0, 0.05) is 54.8 Å². The number of rotatable bonds is 3. The Labute approximate surface area is 143 Å². The smallest absolute Gasteiger partial charge is 0.205 e. The number of hydrogen-bond donors (Lipinski definition) is 0. The van der Waals surface area contributed by atoms with Crippen LogP contribution in [0.4, 0.5) is 10.9 Å². The topological polar surface area (TPSA) is 45.2 Å². The highest BCUT2D eigenvalue weighted by molar-refractivity contribution is 9.10. The molecule has 0 aliphatic carbocycles. The van der Waals surface area contributed by atoms with Gasteiger partial charge in [0.2, 0.25) is 5.13 Å². The van der Waals surface area contributed by atoms with E-state index in [2.05, 4.69) is 60.0 Å². The Morgan fingerprint density at radius 3 is 2.73 bits per heavy atom. The molecule has 3 heterocycles. The first-order chi connectivity index (χ1) is 10.7. The van der Waals surface area contributed by atoms with Gasteiger partial charge in [-0.2, -0.15) is 4.37 Å². The summed E-state index contributed by atoms with van der Waals surface area (Å²) in [5.41, 5.74) is 1.22. The zero-order valence-corrected chi connectivity index (χ0v) is 15.3. The molecule has 0 spiro atoms. The fourth-order valence-electron chi connectivity index (χ4n) is 2.55. The lowest BCUT2D eigenvalue weighted by Crippen LogP contribution is -2.31. The maximum Gasteiger partial charge on any atom is 0.205 e. The van der Waals surface area contributed by atoms with Crippen molar-refractivity contribution in [2.75, 3.05) is 36.0 Å². The fourth-order valence-corrected chi connectivity index (χ4v) is 3.57. The standard InChI is InChI=1S/C15H20BrN5S/c1-3-13-18-15(22-19-13)21-6-4-5-20(7-8-21)14-9-11(2)12(16)10-17-14/h9-10H,3-8H2,1-2H3. The van der Waals surface area contributed by atoms with E-state index in [4.69, 9.17) is 0 Å². The van der Waals surface area contributed by atoms with Gasteiger partial charge in [-0.15, -0.1) is 0 Å². The molecule has 0 saturated carbocycles. The summed E-state index contributed by atoms with van der Waals surface area (Å²) in [6, 6.07) is 2.15. The van der Waals surface area contributed by atoms with Crippen molar-refractivity contribution in [3.63, 3.8) is 0 Å². The van der Waals surface area contributed by atoms with Crippen LogP contribution in [0.1, 0.15) is 24.7 Å². The molecule has 22 heavy (non-hydrogen) atoms. The molecule has 0 aromatic carbocycles. The molecule has 2 aromatic rings. The largest absolute Gasteiger partial charge is 0.355 e. The molecule has 1 aliphatic heterocycles. The molecule has 0 atom stereocenters. The Morgan fingerprint density at radius 1 is 1.23 bits per heavy atom. The first kappa shape index (κ1) is 15.7. The predicted octanol–water partition coefficient (Wildman–Crippen LogP) is 3.28. The van der Waals surface area contributed by atoms with E-state index in [0.29, 0.717) is 0 Å². The predicted molar refractivity (Wildman–Crippen MR) is 95.0 cm³/mol. The van der Waals surface area contributed by atoms with Crippen molar-refractivity contribution in [3.8, 4) is 0 Å². The molecule has 1 aliphatic rings. The van der Waals surface area contributed by atoms with Crippen molar-refractivity contribution in [1.82, 2.24) is 14.3 Å². The summed E-state index contributed by atoms with van der Waals surface area (Å²) in [6.45, 7) is 8.20. The minimum Gasteiger partial charge on any atom is -0.355 e. The van der Waals surface area contributed by atoms with Crippen LogP contribution in [0.3, 0.4) is 0 Å². The molecule has 0 unspecified atom stereocenters. The summed E-state index contributed by atoms with van der Waals surface area (Å²) < 4.78 is 5.46. The van der Waals surface area contributed by atoms with Crippen molar-refractivity contribution in [3.05, 3.63) is 28.1 Å². The number of anilines is 2. The van der Waals surface area contributed by atoms with Crippen molar-refractivity contribution < 1.29 is 0 Å². The van der Waals surface area contributed by atoms with Gasteiger partial charge in [-0.05, 0) is 40.9 Å². The molecule has 0 N–H and O–H groups in total. The van der Waals surface area contributed by atoms with Crippen LogP contribution in [-0.2, 0) is 6.42 Å². The minimum absolute atomic E-state index is 0.901. The summed E-state index contributed by atoms with van der Waals surface area (Å²) in [4.78, 5) is 13.9. The zero-order valence-electron chi connectivity index (χ0n) is 12.9. The summed E-state index contributed by atoms with van der Waals surface area (Å²) in [6.07, 6.45) is 3.90. The van der Waals surface area contributed by atoms with Crippen molar-refractivity contribution >= 4 is 38.4 Å². The van der Waals surface area contributed by atoms with Crippen LogP contribution in [-0.4, -0.2) is 40.5 Å². The first-order valence-corrected chi connectivity index (χ1v) is 9.18. The monoisotopic (exact) mass is 381 g/mol. The van der Waals surface area contributed by atoms with Crippen LogP contribution in [0.5, 0.6) is 0 Å². The lowest BCUT2D eigenvalue weighted by atomic mass is 10.3. The number of pyridine rings is 1. The highest BCUT2D eigenvalue weighted by Crippen LogP contribution is 2.23. The quantitative estimate of drug-likeness (QED) is 0.815. The maximum atomic E-state index is 4.61. The second-order valence-corrected chi connectivity index (χ2v) is 7.05. The molecule has 7 heteroatoms. The van der Waals surface area contributed by atoms with Gasteiger partial charge in [-0.1, -0.05) is 6.92 Å². The van der Waals surface area contributed by atoms with E-state index in [1.54, 1.807) is 0 Å². The number of hydrogen-bond acceptors (Lipinski definition) is 6. The molecule has 0 bridgehead atoms. The average Bonchev–Trinajstić information content (AvgIpc) is 2.87. The summed E-state index contributed by atoms with van der Waals surface area (Å²) in [5, 5.41) is 1.05. The molecule has 0 amide bonds. The summed E-state index contributed by atoms with van der Waals surface area (Å²) in [7, 11) is 0. The minimum atomic E-state index is 0.901. The Morgan fingerprint density at radius 2 is 2.00 bits per heavy atom. The Balaban J connectivity index is 1.70. The second kappa shape index (κ2) is 6.91. The van der Waals surface area contributed by atoms with E-state index in [1.165, 1.54) is 17.1 Å². The van der Waals surface area contributed by atoms with Crippen LogP contribution in [0, 0.1) is 6.92 Å². The lowest BCUT2D eigenvalue weighted by Gasteiger charge is -2.22. The highest BCUT2D eigenvalue weighted by Gasteiger charge is 2.19. The third-order valence-electron chi connectivity index (χ3n) is 3.90. The number of aromatic nitrogens is 3. The van der Waals surface area contributed by atoms with Gasteiger partial charge in [-0.25, -0.2) is 9.97 Å². The van der Waals surface area contributed by atoms with Gasteiger partial charge < -0.3 is 9.80 Å². The van der Waals surface area contributed by atoms with Gasteiger partial charge >= 0.3 is 0 Å². The van der Waals surface area contributed by atoms with Gasteiger partial charge in [0.25, 0.3) is 0 Å². The Kier molecular flexibility index (Phi) is 4.93. The Hall–Kier alpha value is -1.21. The van der Waals surface area contributed by atoms with Crippen LogP contribution in [0.25, 0.3) is 0 Å². The van der Waals surface area contributed by atoms with E-state index < -0.39 is 0 Å². The van der Waals surface area contributed by atoms with E-state index >= 15 is 0 Å². The molecule has 3 rings (SSSR count). The molecule has 5 nitrogen and oxygen atoms in total. The average molecular weight is 382 g/mol. The van der Waals surface area contributed by atoms with Crippen LogP contribution >= 0.6 is 27.5 Å². The normalized spacial score (nSPS) is 16.0. The number of aryl methyl sites for hydroxylation is 2. The highest BCUT2D eigenvalue weighted by atomic mass is 79.9. The van der Waals surface area contributed by atoms with E-state index in [9.17, 15) is 0 Å². The van der Waals surface area contributed by atoms with Crippen LogP contribution in [0.15, 0.2) is 16.7 Å². The molecule has 1 fully saturated rings. The second-order valence-electron chi connectivity index (χ2n) is 5.47. The van der Waals surface area contributed by atoms with Gasteiger partial charge in [-0.3, -0.25) is 0 Å². The van der Waals surface area contributed by atoms with Crippen molar-refractivity contribution in [2.45, 2.75) is 26.7 Å². The maximum absolute atomic E-state index is 4.61. The van der Waals surface area contributed by atoms with Gasteiger partial charge in [0.15, 0.2) is 0 Å². The molecule has 0 radical (unpaired) electrons. The summed E-state index contributed by atoms with van der Waals surface area (Å²) >= 11 is 5.03. The van der Waals surface area contributed by atoms with Crippen LogP contribution in [0.2, 0.25) is 0 Å². The molecule has 118 valence electrons.